The third kappa shape index (κ3) is 2.17. The molecule has 1 N–H and O–H groups in total. The molecule has 0 radical (unpaired) electrons. The first-order valence-corrected chi connectivity index (χ1v) is 8.80. The van der Waals surface area contributed by atoms with Crippen LogP contribution in [-0.4, -0.2) is 10.7 Å². The zero-order valence-corrected chi connectivity index (χ0v) is 12.9. The molecule has 2 atom stereocenters. The minimum Gasteiger partial charge on any atom is -0.385 e. The van der Waals surface area contributed by atoms with E-state index in [0.717, 1.165) is 6.42 Å². The van der Waals surface area contributed by atoms with Gasteiger partial charge in [-0.3, -0.25) is 0 Å². The van der Waals surface area contributed by atoms with Gasteiger partial charge in [0.05, 0.1) is 5.60 Å². The van der Waals surface area contributed by atoms with Gasteiger partial charge in [0, 0.05) is 0 Å². The Bertz CT molecular complexity index is 538. The smallest absolute Gasteiger partial charge is 0.0935 e. The van der Waals surface area contributed by atoms with Crippen molar-refractivity contribution in [2.45, 2.75) is 63.4 Å². The highest BCUT2D eigenvalue weighted by molar-refractivity contribution is 5.78. The molecule has 112 valence electrons. The van der Waals surface area contributed by atoms with Crippen molar-refractivity contribution in [3.63, 3.8) is 0 Å². The first-order valence-electron chi connectivity index (χ1n) is 8.80. The van der Waals surface area contributed by atoms with Gasteiger partial charge in [-0.25, -0.2) is 0 Å². The number of hydrogen-bond donors (Lipinski definition) is 1. The molecule has 3 aliphatic rings. The summed E-state index contributed by atoms with van der Waals surface area (Å²) in [6, 6.07) is 10.7. The van der Waals surface area contributed by atoms with E-state index in [9.17, 15) is 5.11 Å². The van der Waals surface area contributed by atoms with E-state index in [-0.39, 0.29) is 0 Å². The third-order valence-electron chi connectivity index (χ3n) is 6.15. The van der Waals surface area contributed by atoms with Crippen LogP contribution in [0.4, 0.5) is 0 Å². The van der Waals surface area contributed by atoms with Crippen molar-refractivity contribution in [3.05, 3.63) is 41.5 Å². The predicted octanol–water partition coefficient (Wildman–Crippen LogP) is 4.96. The number of hydrogen-bond acceptors (Lipinski definition) is 1. The Morgan fingerprint density at radius 3 is 2.43 bits per heavy atom. The van der Waals surface area contributed by atoms with E-state index in [1.165, 1.54) is 62.5 Å². The molecule has 2 fully saturated rings. The van der Waals surface area contributed by atoms with Crippen molar-refractivity contribution in [2.24, 2.45) is 11.8 Å². The topological polar surface area (TPSA) is 20.2 Å². The summed E-state index contributed by atoms with van der Waals surface area (Å²) >= 11 is 0. The number of fused-ring (bicyclic) bond motifs is 1. The van der Waals surface area contributed by atoms with Crippen LogP contribution >= 0.6 is 0 Å². The van der Waals surface area contributed by atoms with Gasteiger partial charge in [-0.2, -0.15) is 0 Å². The van der Waals surface area contributed by atoms with Gasteiger partial charge in [-0.1, -0.05) is 55.2 Å². The highest BCUT2D eigenvalue weighted by Gasteiger charge is 2.50. The Hall–Kier alpha value is -1.08. The summed E-state index contributed by atoms with van der Waals surface area (Å²) in [4.78, 5) is 0. The first-order chi connectivity index (χ1) is 10.3. The molecule has 21 heavy (non-hydrogen) atoms. The molecule has 0 spiro atoms. The minimum absolute atomic E-state index is 0.486. The monoisotopic (exact) mass is 282 g/mol. The summed E-state index contributed by atoms with van der Waals surface area (Å²) in [5, 5.41) is 11.7. The van der Waals surface area contributed by atoms with E-state index in [1.54, 1.807) is 5.57 Å². The molecule has 1 nitrogen and oxygen atoms in total. The van der Waals surface area contributed by atoms with E-state index >= 15 is 0 Å². The van der Waals surface area contributed by atoms with E-state index in [1.807, 2.05) is 0 Å². The van der Waals surface area contributed by atoms with Crippen LogP contribution in [0.2, 0.25) is 0 Å². The van der Waals surface area contributed by atoms with E-state index < -0.39 is 5.60 Å². The normalized spacial score (nSPS) is 33.5. The molecule has 1 aromatic carbocycles. The lowest BCUT2D eigenvalue weighted by atomic mass is 9.71. The fourth-order valence-corrected chi connectivity index (χ4v) is 5.22. The second-order valence-corrected chi connectivity index (χ2v) is 7.32. The van der Waals surface area contributed by atoms with Crippen molar-refractivity contribution in [2.75, 3.05) is 0 Å². The standard InChI is InChI=1S/C20H26O/c21-20(17-11-5-2-6-12-17)14-16-10-7-13-18(16)19(20)15-8-3-1-4-9-15/h1,3-4,8-9,16-17,21H,2,5-7,10-14H2/t16-,20+/m0/s1. The SMILES string of the molecule is O[C@@]1(C2CCCCC2)C[C@@H]2CCCC2=C1c1ccccc1. The maximum absolute atomic E-state index is 11.7. The van der Waals surface area contributed by atoms with Crippen LogP contribution in [0.5, 0.6) is 0 Å². The summed E-state index contributed by atoms with van der Waals surface area (Å²) in [5.41, 5.74) is 3.67. The lowest BCUT2D eigenvalue weighted by Gasteiger charge is -2.38. The molecule has 0 aliphatic heterocycles. The second kappa shape index (κ2) is 5.28. The number of rotatable bonds is 2. The van der Waals surface area contributed by atoms with Crippen LogP contribution in [-0.2, 0) is 0 Å². The largest absolute Gasteiger partial charge is 0.385 e. The lowest BCUT2D eigenvalue weighted by molar-refractivity contribution is 0.0119. The quantitative estimate of drug-likeness (QED) is 0.813. The average Bonchev–Trinajstić information content (AvgIpc) is 3.07. The van der Waals surface area contributed by atoms with E-state index in [0.29, 0.717) is 11.8 Å². The Labute approximate surface area is 128 Å². The van der Waals surface area contributed by atoms with Gasteiger partial charge in [0.1, 0.15) is 0 Å². The van der Waals surface area contributed by atoms with Crippen LogP contribution in [0.3, 0.4) is 0 Å². The molecule has 0 unspecified atom stereocenters. The van der Waals surface area contributed by atoms with Crippen LogP contribution in [0.1, 0.15) is 63.4 Å². The van der Waals surface area contributed by atoms with Crippen LogP contribution in [0.15, 0.2) is 35.9 Å². The van der Waals surface area contributed by atoms with Crippen LogP contribution in [0.25, 0.3) is 5.57 Å². The zero-order chi connectivity index (χ0) is 14.3. The Balaban J connectivity index is 1.78. The molecule has 0 saturated heterocycles. The zero-order valence-electron chi connectivity index (χ0n) is 12.9. The van der Waals surface area contributed by atoms with Crippen molar-refractivity contribution < 1.29 is 5.11 Å². The van der Waals surface area contributed by atoms with E-state index in [4.69, 9.17) is 0 Å². The molecule has 0 aromatic heterocycles. The molecule has 0 amide bonds. The predicted molar refractivity (Wildman–Crippen MR) is 86.8 cm³/mol. The van der Waals surface area contributed by atoms with Gasteiger partial charge < -0.3 is 5.11 Å². The minimum atomic E-state index is -0.539. The highest BCUT2D eigenvalue weighted by atomic mass is 16.3. The van der Waals surface area contributed by atoms with Gasteiger partial charge >= 0.3 is 0 Å². The van der Waals surface area contributed by atoms with Crippen LogP contribution in [0, 0.1) is 11.8 Å². The molecule has 1 aromatic rings. The van der Waals surface area contributed by atoms with Gasteiger partial charge in [-0.15, -0.1) is 0 Å². The van der Waals surface area contributed by atoms with Crippen LogP contribution < -0.4 is 0 Å². The van der Waals surface area contributed by atoms with Gasteiger partial charge in [0.25, 0.3) is 0 Å². The summed E-state index contributed by atoms with van der Waals surface area (Å²) in [6.07, 6.45) is 11.2. The van der Waals surface area contributed by atoms with Gasteiger partial charge in [0.15, 0.2) is 0 Å². The molecule has 2 saturated carbocycles. The Morgan fingerprint density at radius 1 is 0.905 bits per heavy atom. The molecule has 0 bridgehead atoms. The molecular formula is C20H26O. The second-order valence-electron chi connectivity index (χ2n) is 7.32. The highest BCUT2D eigenvalue weighted by Crippen LogP contribution is 2.56. The molecule has 1 heteroatoms. The van der Waals surface area contributed by atoms with Gasteiger partial charge in [-0.05, 0) is 61.5 Å². The third-order valence-corrected chi connectivity index (χ3v) is 6.15. The Morgan fingerprint density at radius 2 is 1.67 bits per heavy atom. The van der Waals surface area contributed by atoms with Gasteiger partial charge in [0.2, 0.25) is 0 Å². The molecule has 3 aliphatic carbocycles. The van der Waals surface area contributed by atoms with Crippen molar-refractivity contribution >= 4 is 5.57 Å². The van der Waals surface area contributed by atoms with Crippen molar-refractivity contribution in [3.8, 4) is 0 Å². The Kier molecular flexibility index (Phi) is 3.41. The average molecular weight is 282 g/mol. The summed E-state index contributed by atoms with van der Waals surface area (Å²) in [5.74, 6) is 1.15. The number of aliphatic hydroxyl groups is 1. The first kappa shape index (κ1) is 13.6. The molecular weight excluding hydrogens is 256 g/mol. The summed E-state index contributed by atoms with van der Waals surface area (Å²) in [6.45, 7) is 0. The number of benzene rings is 1. The molecule has 4 rings (SSSR count). The fourth-order valence-electron chi connectivity index (χ4n) is 5.22. The summed E-state index contributed by atoms with van der Waals surface area (Å²) < 4.78 is 0. The summed E-state index contributed by atoms with van der Waals surface area (Å²) in [7, 11) is 0. The lowest BCUT2D eigenvalue weighted by Crippen LogP contribution is -2.39. The fraction of sp³-hybridized carbons (Fsp3) is 0.600. The van der Waals surface area contributed by atoms with Crippen molar-refractivity contribution in [1.82, 2.24) is 0 Å². The maximum atomic E-state index is 11.7. The van der Waals surface area contributed by atoms with Crippen molar-refractivity contribution in [1.29, 1.82) is 0 Å². The maximum Gasteiger partial charge on any atom is 0.0935 e. The number of allylic oxidation sites excluding steroid dienone is 1. The van der Waals surface area contributed by atoms with E-state index in [2.05, 4.69) is 30.3 Å². The molecule has 0 heterocycles.